The zero-order chi connectivity index (χ0) is 24.4. The van der Waals surface area contributed by atoms with Crippen molar-refractivity contribution in [3.63, 3.8) is 0 Å². The molecule has 10 nitrogen and oxygen atoms in total. The fraction of sp³-hybridized carbons (Fsp3) is 0.458. The molecule has 1 aromatic heterocycles. The number of fused-ring (bicyclic) bond motifs is 2. The van der Waals surface area contributed by atoms with Crippen molar-refractivity contribution in [2.75, 3.05) is 43.1 Å². The molecular formula is C24H28ClN5O5. The first kappa shape index (κ1) is 23.7. The molecular weight excluding hydrogens is 474 g/mol. The molecule has 2 amide bonds. The second-order valence-corrected chi connectivity index (χ2v) is 9.26. The van der Waals surface area contributed by atoms with Crippen LogP contribution in [0, 0.1) is 0 Å². The Labute approximate surface area is 208 Å². The lowest BCUT2D eigenvalue weighted by molar-refractivity contribution is -0.118. The van der Waals surface area contributed by atoms with E-state index in [-0.39, 0.29) is 18.6 Å². The Morgan fingerprint density at radius 1 is 1.29 bits per heavy atom. The number of benzene rings is 1. The summed E-state index contributed by atoms with van der Waals surface area (Å²) in [6.45, 7) is 2.11. The van der Waals surface area contributed by atoms with Crippen molar-refractivity contribution in [2.45, 2.75) is 37.8 Å². The first-order valence-electron chi connectivity index (χ1n) is 11.8. The number of anilines is 2. The van der Waals surface area contributed by atoms with Crippen molar-refractivity contribution in [1.82, 2.24) is 10.3 Å². The van der Waals surface area contributed by atoms with Crippen LogP contribution in [0.25, 0.3) is 0 Å². The van der Waals surface area contributed by atoms with Gasteiger partial charge in [0.25, 0.3) is 5.91 Å². The van der Waals surface area contributed by atoms with Crippen molar-refractivity contribution in [1.29, 1.82) is 0 Å². The topological polar surface area (TPSA) is 128 Å². The molecule has 35 heavy (non-hydrogen) atoms. The van der Waals surface area contributed by atoms with Crippen LogP contribution >= 0.6 is 11.6 Å². The van der Waals surface area contributed by atoms with E-state index in [9.17, 15) is 9.59 Å². The van der Waals surface area contributed by atoms with E-state index in [1.54, 1.807) is 12.1 Å². The maximum Gasteiger partial charge on any atom is 0.415 e. The number of nitrogens with one attached hydrogen (secondary N) is 2. The zero-order valence-corrected chi connectivity index (χ0v) is 20.0. The molecule has 186 valence electrons. The molecule has 1 aliphatic carbocycles. The van der Waals surface area contributed by atoms with Gasteiger partial charge >= 0.3 is 6.09 Å². The van der Waals surface area contributed by atoms with Crippen LogP contribution in [0.5, 0.6) is 11.5 Å². The van der Waals surface area contributed by atoms with E-state index in [2.05, 4.69) is 21.7 Å². The van der Waals surface area contributed by atoms with Gasteiger partial charge < -0.3 is 30.6 Å². The maximum atomic E-state index is 12.4. The molecule has 1 fully saturated rings. The summed E-state index contributed by atoms with van der Waals surface area (Å²) < 4.78 is 16.5. The van der Waals surface area contributed by atoms with Crippen LogP contribution in [0.3, 0.4) is 0 Å². The zero-order valence-electron chi connectivity index (χ0n) is 19.2. The van der Waals surface area contributed by atoms with Gasteiger partial charge in [-0.15, -0.1) is 0 Å². The minimum Gasteiger partial charge on any atom is -0.492 e. The Kier molecular flexibility index (Phi) is 6.94. The van der Waals surface area contributed by atoms with Crippen LogP contribution in [0.4, 0.5) is 16.4 Å². The van der Waals surface area contributed by atoms with Gasteiger partial charge in [-0.1, -0.05) is 11.6 Å². The SMILES string of the molecule is NCCOc1cc(Cl)c2c(c1)CC(NCCCC1CN(c3ccc4c(n3)NC(=O)CO4)C(=O)O1)C2. The molecule has 0 spiro atoms. The molecule has 3 heterocycles. The third kappa shape index (κ3) is 5.29. The number of rotatable bonds is 9. The van der Waals surface area contributed by atoms with Crippen molar-refractivity contribution < 1.29 is 23.8 Å². The van der Waals surface area contributed by atoms with Gasteiger partial charge in [-0.05, 0) is 67.6 Å². The summed E-state index contributed by atoms with van der Waals surface area (Å²) in [5.74, 6) is 1.71. The highest BCUT2D eigenvalue weighted by Crippen LogP contribution is 2.34. The number of carbonyl (C=O) groups excluding carboxylic acids is 2. The number of ether oxygens (including phenoxy) is 3. The summed E-state index contributed by atoms with van der Waals surface area (Å²) in [6.07, 6.45) is 2.71. The van der Waals surface area contributed by atoms with E-state index in [0.717, 1.165) is 43.0 Å². The lowest BCUT2D eigenvalue weighted by atomic mass is 10.1. The van der Waals surface area contributed by atoms with E-state index in [0.29, 0.717) is 43.1 Å². The molecule has 0 saturated carbocycles. The Balaban J connectivity index is 1.08. The van der Waals surface area contributed by atoms with Gasteiger partial charge in [-0.2, -0.15) is 0 Å². The first-order valence-corrected chi connectivity index (χ1v) is 12.2. The van der Waals surface area contributed by atoms with Crippen LogP contribution in [0.15, 0.2) is 24.3 Å². The minimum absolute atomic E-state index is 0.0415. The second-order valence-electron chi connectivity index (χ2n) is 8.85. The number of hydrogen-bond donors (Lipinski definition) is 3. The fourth-order valence-electron chi connectivity index (χ4n) is 4.66. The predicted octanol–water partition coefficient (Wildman–Crippen LogP) is 2.27. The van der Waals surface area contributed by atoms with Gasteiger partial charge in [-0.25, -0.2) is 9.78 Å². The fourth-order valence-corrected chi connectivity index (χ4v) is 4.97. The minimum atomic E-state index is -0.438. The summed E-state index contributed by atoms with van der Waals surface area (Å²) in [6, 6.07) is 7.61. The normalized spacial score (nSPS) is 20.7. The summed E-state index contributed by atoms with van der Waals surface area (Å²) in [5.41, 5.74) is 7.90. The van der Waals surface area contributed by atoms with Crippen LogP contribution in [-0.4, -0.2) is 62.0 Å². The van der Waals surface area contributed by atoms with Gasteiger partial charge in [0.05, 0.1) is 6.54 Å². The quantitative estimate of drug-likeness (QED) is 0.446. The maximum absolute atomic E-state index is 12.4. The molecule has 2 aliphatic heterocycles. The average Bonchev–Trinajstić information content (AvgIpc) is 3.43. The van der Waals surface area contributed by atoms with Gasteiger partial charge in [0.2, 0.25) is 0 Å². The number of hydrogen-bond acceptors (Lipinski definition) is 8. The first-order chi connectivity index (χ1) is 17.0. The second kappa shape index (κ2) is 10.3. The molecule has 3 aliphatic rings. The number of nitrogens with zero attached hydrogens (tertiary/aromatic N) is 2. The third-order valence-electron chi connectivity index (χ3n) is 6.31. The predicted molar refractivity (Wildman–Crippen MR) is 130 cm³/mol. The molecule has 2 aromatic rings. The lowest BCUT2D eigenvalue weighted by Crippen LogP contribution is -2.31. The monoisotopic (exact) mass is 501 g/mol. The summed E-state index contributed by atoms with van der Waals surface area (Å²) in [4.78, 5) is 29.8. The van der Waals surface area contributed by atoms with E-state index < -0.39 is 6.09 Å². The molecule has 11 heteroatoms. The van der Waals surface area contributed by atoms with Crippen molar-refractivity contribution in [3.05, 3.63) is 40.4 Å². The van der Waals surface area contributed by atoms with Gasteiger partial charge in [-0.3, -0.25) is 9.69 Å². The highest BCUT2D eigenvalue weighted by atomic mass is 35.5. The number of nitrogens with two attached hydrogens (primary N) is 1. The van der Waals surface area contributed by atoms with Gasteiger partial charge in [0.15, 0.2) is 18.2 Å². The van der Waals surface area contributed by atoms with E-state index in [4.69, 9.17) is 31.5 Å². The van der Waals surface area contributed by atoms with Crippen LogP contribution in [0.2, 0.25) is 5.02 Å². The summed E-state index contributed by atoms with van der Waals surface area (Å²) in [5, 5.41) is 6.99. The van der Waals surface area contributed by atoms with Crippen LogP contribution < -0.4 is 30.7 Å². The standard InChI is InChI=1S/C24H28ClN5O5/c25-19-11-17(33-7-5-26)9-14-8-15(10-18(14)19)27-6-1-2-16-12-30(24(32)35-16)21-4-3-20-23(28-21)29-22(31)13-34-20/h3-4,9,11,15-16,27H,1-2,5-8,10,12-13,26H2,(H,28,29,31). The van der Waals surface area contributed by atoms with Gasteiger partial charge in [0, 0.05) is 17.6 Å². The number of aromatic nitrogens is 1. The Hall–Kier alpha value is -3.08. The number of amides is 2. The van der Waals surface area contributed by atoms with E-state index in [1.165, 1.54) is 16.0 Å². The van der Waals surface area contributed by atoms with E-state index >= 15 is 0 Å². The molecule has 1 saturated heterocycles. The molecule has 5 rings (SSSR count). The number of cyclic esters (lactones) is 1. The van der Waals surface area contributed by atoms with Crippen LogP contribution in [-0.2, 0) is 22.4 Å². The lowest BCUT2D eigenvalue weighted by Gasteiger charge is -2.19. The largest absolute Gasteiger partial charge is 0.492 e. The van der Waals surface area contributed by atoms with E-state index in [1.807, 2.05) is 6.07 Å². The Bertz CT molecular complexity index is 1130. The molecule has 4 N–H and O–H groups in total. The highest BCUT2D eigenvalue weighted by Gasteiger charge is 2.34. The molecule has 0 bridgehead atoms. The number of halogens is 1. The average molecular weight is 502 g/mol. The molecule has 2 atom stereocenters. The number of carbonyl (C=O) groups is 2. The molecule has 1 aromatic carbocycles. The smallest absolute Gasteiger partial charge is 0.415 e. The molecule has 2 unspecified atom stereocenters. The Morgan fingerprint density at radius 2 is 2.17 bits per heavy atom. The van der Waals surface area contributed by atoms with Crippen molar-refractivity contribution in [2.24, 2.45) is 5.73 Å². The Morgan fingerprint density at radius 3 is 3.03 bits per heavy atom. The molecule has 0 radical (unpaired) electrons. The third-order valence-corrected chi connectivity index (χ3v) is 6.65. The number of pyridine rings is 1. The van der Waals surface area contributed by atoms with Gasteiger partial charge in [0.1, 0.15) is 24.3 Å². The summed E-state index contributed by atoms with van der Waals surface area (Å²) >= 11 is 6.47. The summed E-state index contributed by atoms with van der Waals surface area (Å²) in [7, 11) is 0. The highest BCUT2D eigenvalue weighted by molar-refractivity contribution is 6.31. The van der Waals surface area contributed by atoms with Crippen molar-refractivity contribution >= 4 is 35.2 Å². The van der Waals surface area contributed by atoms with Crippen molar-refractivity contribution in [3.8, 4) is 11.5 Å². The van der Waals surface area contributed by atoms with Crippen LogP contribution in [0.1, 0.15) is 24.0 Å².